The zero-order chi connectivity index (χ0) is 16.3. The summed E-state index contributed by atoms with van der Waals surface area (Å²) in [5, 5.41) is 8.53. The number of rotatable bonds is 17. The van der Waals surface area contributed by atoms with Crippen molar-refractivity contribution in [2.45, 2.75) is 110 Å². The first-order valence-electron chi connectivity index (χ1n) is 9.64. The van der Waals surface area contributed by atoms with Crippen LogP contribution in [0, 0.1) is 0 Å². The first-order chi connectivity index (χ1) is 10.8. The van der Waals surface area contributed by atoms with Crippen molar-refractivity contribution in [1.82, 2.24) is 0 Å². The number of carboxylic acids is 1. The van der Waals surface area contributed by atoms with Crippen LogP contribution >= 0.6 is 0 Å². The van der Waals surface area contributed by atoms with Gasteiger partial charge >= 0.3 is 5.97 Å². The van der Waals surface area contributed by atoms with Gasteiger partial charge in [-0.2, -0.15) is 0 Å². The number of aliphatic carboxylic acids is 1. The Morgan fingerprint density at radius 3 is 1.55 bits per heavy atom. The van der Waals surface area contributed by atoms with E-state index in [0.29, 0.717) is 6.42 Å². The van der Waals surface area contributed by atoms with Crippen LogP contribution in [-0.2, 0) is 4.79 Å². The molecule has 0 saturated carbocycles. The Labute approximate surface area is 138 Å². The van der Waals surface area contributed by atoms with Crippen LogP contribution in [0.3, 0.4) is 0 Å². The molecule has 0 bridgehead atoms. The predicted molar refractivity (Wildman–Crippen MR) is 96.3 cm³/mol. The summed E-state index contributed by atoms with van der Waals surface area (Å²) in [6, 6.07) is 0. The average Bonchev–Trinajstić information content (AvgIpc) is 2.50. The highest BCUT2D eigenvalue weighted by molar-refractivity contribution is 5.66. The van der Waals surface area contributed by atoms with Crippen LogP contribution in [0.1, 0.15) is 110 Å². The molecule has 0 radical (unpaired) electrons. The molecule has 1 N–H and O–H groups in total. The summed E-state index contributed by atoms with van der Waals surface area (Å²) in [4.78, 5) is 10.4. The van der Waals surface area contributed by atoms with Gasteiger partial charge in [0.1, 0.15) is 0 Å². The zero-order valence-electron chi connectivity index (χ0n) is 14.8. The van der Waals surface area contributed by atoms with E-state index in [-0.39, 0.29) is 0 Å². The van der Waals surface area contributed by atoms with E-state index in [0.717, 1.165) is 12.8 Å². The third kappa shape index (κ3) is 19.2. The van der Waals surface area contributed by atoms with E-state index in [2.05, 4.69) is 19.1 Å². The van der Waals surface area contributed by atoms with Gasteiger partial charge in [-0.1, -0.05) is 83.3 Å². The molecule has 0 rings (SSSR count). The van der Waals surface area contributed by atoms with E-state index < -0.39 is 5.97 Å². The second-order valence-corrected chi connectivity index (χ2v) is 6.44. The summed E-state index contributed by atoms with van der Waals surface area (Å²) >= 11 is 0. The van der Waals surface area contributed by atoms with Crippen LogP contribution in [0.2, 0.25) is 0 Å². The Kier molecular flexibility index (Phi) is 17.6. The van der Waals surface area contributed by atoms with E-state index in [4.69, 9.17) is 5.11 Å². The van der Waals surface area contributed by atoms with Crippen molar-refractivity contribution in [3.05, 3.63) is 12.2 Å². The summed E-state index contributed by atoms with van der Waals surface area (Å²) in [5.74, 6) is -0.661. The van der Waals surface area contributed by atoms with Gasteiger partial charge < -0.3 is 5.11 Å². The van der Waals surface area contributed by atoms with Gasteiger partial charge in [-0.15, -0.1) is 0 Å². The molecule has 0 unspecified atom stereocenters. The molecule has 0 heterocycles. The summed E-state index contributed by atoms with van der Waals surface area (Å²) < 4.78 is 0. The Bertz CT molecular complexity index is 258. The van der Waals surface area contributed by atoms with Gasteiger partial charge in [0.2, 0.25) is 0 Å². The van der Waals surface area contributed by atoms with Gasteiger partial charge in [-0.25, -0.2) is 0 Å². The number of carbonyl (C=O) groups is 1. The molecule has 130 valence electrons. The monoisotopic (exact) mass is 310 g/mol. The van der Waals surface area contributed by atoms with E-state index in [1.165, 1.54) is 83.5 Å². The highest BCUT2D eigenvalue weighted by atomic mass is 16.4. The number of allylic oxidation sites excluding steroid dienone is 2. The standard InChI is InChI=1S/C20H38O2/c1-2-3-4-5-6-7-8-9-10-11-12-13-14-15-16-17-18-19-20(21)22/h10-11H,2-9,12-19H2,1H3,(H,21,22)/b11-10+. The second-order valence-electron chi connectivity index (χ2n) is 6.44. The van der Waals surface area contributed by atoms with E-state index in [1.807, 2.05) is 0 Å². The molecule has 22 heavy (non-hydrogen) atoms. The second kappa shape index (κ2) is 18.3. The fourth-order valence-electron chi connectivity index (χ4n) is 2.70. The zero-order valence-corrected chi connectivity index (χ0v) is 14.8. The summed E-state index contributed by atoms with van der Waals surface area (Å²) in [6.45, 7) is 2.27. The van der Waals surface area contributed by atoms with Crippen molar-refractivity contribution in [3.63, 3.8) is 0 Å². The minimum absolute atomic E-state index is 0.335. The van der Waals surface area contributed by atoms with Crippen molar-refractivity contribution in [3.8, 4) is 0 Å². The fraction of sp³-hybridized carbons (Fsp3) is 0.850. The van der Waals surface area contributed by atoms with Crippen molar-refractivity contribution in [1.29, 1.82) is 0 Å². The number of unbranched alkanes of at least 4 members (excludes halogenated alkanes) is 13. The van der Waals surface area contributed by atoms with Crippen molar-refractivity contribution >= 4 is 5.97 Å². The predicted octanol–water partition coefficient (Wildman–Crippen LogP) is 6.89. The number of carboxylic acid groups (broad SMARTS) is 1. The highest BCUT2D eigenvalue weighted by Crippen LogP contribution is 2.10. The number of hydrogen-bond acceptors (Lipinski definition) is 1. The van der Waals surface area contributed by atoms with Crippen molar-refractivity contribution in [2.75, 3.05) is 0 Å². The van der Waals surface area contributed by atoms with Crippen LogP contribution in [0.25, 0.3) is 0 Å². The SMILES string of the molecule is CCCCCCCCC/C=C/CCCCCCCCC(=O)O. The summed E-state index contributed by atoms with van der Waals surface area (Å²) in [6.07, 6.45) is 24.2. The molecule has 0 spiro atoms. The molecule has 0 aromatic carbocycles. The molecule has 0 aliphatic heterocycles. The van der Waals surface area contributed by atoms with Gasteiger partial charge in [0.25, 0.3) is 0 Å². The van der Waals surface area contributed by atoms with Crippen LogP contribution in [-0.4, -0.2) is 11.1 Å². The van der Waals surface area contributed by atoms with Gasteiger partial charge in [0.05, 0.1) is 0 Å². The molecule has 2 nitrogen and oxygen atoms in total. The van der Waals surface area contributed by atoms with Gasteiger partial charge in [0, 0.05) is 6.42 Å². The first kappa shape index (κ1) is 21.2. The molecule has 0 aliphatic rings. The van der Waals surface area contributed by atoms with Crippen molar-refractivity contribution in [2.24, 2.45) is 0 Å². The average molecular weight is 311 g/mol. The van der Waals surface area contributed by atoms with Gasteiger partial charge in [-0.05, 0) is 32.1 Å². The van der Waals surface area contributed by atoms with Crippen LogP contribution in [0.4, 0.5) is 0 Å². The molecule has 0 atom stereocenters. The number of hydrogen-bond donors (Lipinski definition) is 1. The minimum Gasteiger partial charge on any atom is -0.481 e. The van der Waals surface area contributed by atoms with E-state index in [1.54, 1.807) is 0 Å². The smallest absolute Gasteiger partial charge is 0.303 e. The lowest BCUT2D eigenvalue weighted by molar-refractivity contribution is -0.137. The van der Waals surface area contributed by atoms with Crippen LogP contribution < -0.4 is 0 Å². The molecule has 0 aliphatic carbocycles. The van der Waals surface area contributed by atoms with Crippen LogP contribution in [0.15, 0.2) is 12.2 Å². The normalized spacial score (nSPS) is 11.3. The maximum Gasteiger partial charge on any atom is 0.303 e. The lowest BCUT2D eigenvalue weighted by Crippen LogP contribution is -1.93. The molecule has 0 fully saturated rings. The Hall–Kier alpha value is -0.790. The Morgan fingerprint density at radius 1 is 0.682 bits per heavy atom. The van der Waals surface area contributed by atoms with Gasteiger partial charge in [0.15, 0.2) is 0 Å². The molecular weight excluding hydrogens is 272 g/mol. The highest BCUT2D eigenvalue weighted by Gasteiger charge is 1.96. The third-order valence-electron chi connectivity index (χ3n) is 4.15. The fourth-order valence-corrected chi connectivity index (χ4v) is 2.70. The van der Waals surface area contributed by atoms with E-state index >= 15 is 0 Å². The van der Waals surface area contributed by atoms with Crippen LogP contribution in [0.5, 0.6) is 0 Å². The lowest BCUT2D eigenvalue weighted by atomic mass is 10.1. The molecular formula is C20H38O2. The molecule has 0 aromatic heterocycles. The quantitative estimate of drug-likeness (QED) is 0.234. The maximum absolute atomic E-state index is 10.4. The third-order valence-corrected chi connectivity index (χ3v) is 4.15. The molecule has 2 heteroatoms. The summed E-state index contributed by atoms with van der Waals surface area (Å²) in [7, 11) is 0. The largest absolute Gasteiger partial charge is 0.481 e. The maximum atomic E-state index is 10.4. The minimum atomic E-state index is -0.661. The molecule has 0 amide bonds. The Morgan fingerprint density at radius 2 is 1.09 bits per heavy atom. The topological polar surface area (TPSA) is 37.3 Å². The Balaban J connectivity index is 3.07. The first-order valence-corrected chi connectivity index (χ1v) is 9.64. The lowest BCUT2D eigenvalue weighted by Gasteiger charge is -2.00. The van der Waals surface area contributed by atoms with Gasteiger partial charge in [-0.3, -0.25) is 4.79 Å². The molecule has 0 aromatic rings. The van der Waals surface area contributed by atoms with Crippen molar-refractivity contribution < 1.29 is 9.90 Å². The van der Waals surface area contributed by atoms with E-state index in [9.17, 15) is 4.79 Å². The molecule has 0 saturated heterocycles. The summed E-state index contributed by atoms with van der Waals surface area (Å²) in [5.41, 5.74) is 0.